The van der Waals surface area contributed by atoms with Gasteiger partial charge < -0.3 is 14.8 Å². The largest absolute Gasteiger partial charge is 0.497 e. The van der Waals surface area contributed by atoms with Crippen LogP contribution in [0.4, 0.5) is 5.69 Å². The van der Waals surface area contributed by atoms with Crippen LogP contribution in [0.3, 0.4) is 0 Å². The number of anilines is 1. The number of pyridine rings is 2. The number of carbonyl (C=O) groups excluding carboxylic acids is 1. The molecular weight excluding hydrogens is 370 g/mol. The van der Waals surface area contributed by atoms with Gasteiger partial charge in [0.15, 0.2) is 5.65 Å². The summed E-state index contributed by atoms with van der Waals surface area (Å²) < 4.78 is 12.5. The molecule has 0 unspecified atom stereocenters. The normalized spacial score (nSPS) is 10.7. The van der Waals surface area contributed by atoms with Crippen LogP contribution < -0.4 is 14.8 Å². The molecule has 4 aromatic rings. The Balaban J connectivity index is 1.58. The van der Waals surface area contributed by atoms with E-state index in [2.05, 4.69) is 20.4 Å². The minimum Gasteiger partial charge on any atom is -0.497 e. The van der Waals surface area contributed by atoms with E-state index in [1.807, 2.05) is 18.2 Å². The first kappa shape index (κ1) is 18.4. The van der Waals surface area contributed by atoms with Crippen LogP contribution >= 0.6 is 0 Å². The summed E-state index contributed by atoms with van der Waals surface area (Å²) in [6.07, 6.45) is 6.47. The van der Waals surface area contributed by atoms with Crippen LogP contribution in [0.25, 0.3) is 11.0 Å². The average molecular weight is 389 g/mol. The molecule has 0 radical (unpaired) electrons. The van der Waals surface area contributed by atoms with Crippen molar-refractivity contribution >= 4 is 22.6 Å². The standard InChI is InChI=1S/C21H19N5O3/c1-28-18-6-5-14(19(9-18)29-2)13-26-20-15(11-24-26)8-16(10-23-20)21(27)25-17-4-3-7-22-12-17/h3-12H,13H2,1-2H3,(H,25,27). The first-order chi connectivity index (χ1) is 14.2. The van der Waals surface area contributed by atoms with Crippen molar-refractivity contribution in [2.24, 2.45) is 0 Å². The van der Waals surface area contributed by atoms with Gasteiger partial charge in [0.2, 0.25) is 0 Å². The topological polar surface area (TPSA) is 91.2 Å². The fourth-order valence-electron chi connectivity index (χ4n) is 3.00. The van der Waals surface area contributed by atoms with Gasteiger partial charge >= 0.3 is 0 Å². The molecule has 1 N–H and O–H groups in total. The van der Waals surface area contributed by atoms with Gasteiger partial charge in [-0.1, -0.05) is 0 Å². The number of hydrogen-bond donors (Lipinski definition) is 1. The third-order valence-electron chi connectivity index (χ3n) is 4.47. The van der Waals surface area contributed by atoms with Gasteiger partial charge in [0, 0.05) is 29.4 Å². The molecule has 8 nitrogen and oxygen atoms in total. The Morgan fingerprint density at radius 2 is 2.00 bits per heavy atom. The molecule has 0 spiro atoms. The highest BCUT2D eigenvalue weighted by Gasteiger charge is 2.13. The van der Waals surface area contributed by atoms with Crippen molar-refractivity contribution < 1.29 is 14.3 Å². The Bertz CT molecular complexity index is 1160. The summed E-state index contributed by atoms with van der Waals surface area (Å²) >= 11 is 0. The molecular formula is C21H19N5O3. The van der Waals surface area contributed by atoms with Gasteiger partial charge in [-0.15, -0.1) is 0 Å². The number of nitrogens with zero attached hydrogens (tertiary/aromatic N) is 4. The van der Waals surface area contributed by atoms with Crippen LogP contribution in [0.1, 0.15) is 15.9 Å². The highest BCUT2D eigenvalue weighted by Crippen LogP contribution is 2.26. The summed E-state index contributed by atoms with van der Waals surface area (Å²) in [5.74, 6) is 1.18. The third-order valence-corrected chi connectivity index (χ3v) is 4.47. The molecule has 0 aliphatic carbocycles. The molecule has 29 heavy (non-hydrogen) atoms. The van der Waals surface area contributed by atoms with Gasteiger partial charge in [-0.3, -0.25) is 9.78 Å². The van der Waals surface area contributed by atoms with E-state index in [1.165, 1.54) is 6.20 Å². The Morgan fingerprint density at radius 1 is 1.10 bits per heavy atom. The minimum atomic E-state index is -0.253. The van der Waals surface area contributed by atoms with E-state index in [4.69, 9.17) is 9.47 Å². The lowest BCUT2D eigenvalue weighted by Crippen LogP contribution is -2.12. The Labute approximate surface area is 167 Å². The summed E-state index contributed by atoms with van der Waals surface area (Å²) in [5.41, 5.74) is 2.70. The van der Waals surface area contributed by atoms with Crippen LogP contribution in [0, 0.1) is 0 Å². The first-order valence-corrected chi connectivity index (χ1v) is 8.92. The maximum atomic E-state index is 12.5. The number of ether oxygens (including phenoxy) is 2. The van der Waals surface area contributed by atoms with Crippen LogP contribution in [-0.2, 0) is 6.54 Å². The number of amides is 1. The summed E-state index contributed by atoms with van der Waals surface area (Å²) in [4.78, 5) is 20.9. The van der Waals surface area contributed by atoms with Gasteiger partial charge in [-0.05, 0) is 30.3 Å². The first-order valence-electron chi connectivity index (χ1n) is 8.92. The van der Waals surface area contributed by atoms with Crippen LogP contribution in [0.5, 0.6) is 11.5 Å². The lowest BCUT2D eigenvalue weighted by Gasteiger charge is -2.11. The average Bonchev–Trinajstić information content (AvgIpc) is 3.16. The number of methoxy groups -OCH3 is 2. The second kappa shape index (κ2) is 7.97. The third kappa shape index (κ3) is 3.86. The van der Waals surface area contributed by atoms with Crippen LogP contribution in [-0.4, -0.2) is 39.9 Å². The molecule has 0 saturated carbocycles. The highest BCUT2D eigenvalue weighted by molar-refractivity contribution is 6.05. The second-order valence-corrected chi connectivity index (χ2v) is 6.31. The van der Waals surface area contributed by atoms with Crippen molar-refractivity contribution in [3.63, 3.8) is 0 Å². The molecule has 0 aliphatic heterocycles. The summed E-state index contributed by atoms with van der Waals surface area (Å²) in [7, 11) is 3.23. The molecule has 4 rings (SSSR count). The van der Waals surface area contributed by atoms with Crippen LogP contribution in [0.2, 0.25) is 0 Å². The SMILES string of the molecule is COc1ccc(Cn2ncc3cc(C(=O)Nc4cccnc4)cnc32)c(OC)c1. The molecule has 146 valence electrons. The van der Waals surface area contributed by atoms with Gasteiger partial charge in [0.05, 0.1) is 44.4 Å². The number of fused-ring (bicyclic) bond motifs is 1. The minimum absolute atomic E-state index is 0.253. The monoisotopic (exact) mass is 389 g/mol. The molecule has 3 aromatic heterocycles. The van der Waals surface area contributed by atoms with E-state index in [1.54, 1.807) is 55.7 Å². The fraction of sp³-hybridized carbons (Fsp3) is 0.143. The van der Waals surface area contributed by atoms with E-state index in [9.17, 15) is 4.79 Å². The van der Waals surface area contributed by atoms with Crippen molar-refractivity contribution in [3.05, 3.63) is 72.3 Å². The molecule has 0 atom stereocenters. The number of rotatable bonds is 6. The summed E-state index contributed by atoms with van der Waals surface area (Å²) in [6.45, 7) is 0.477. The maximum absolute atomic E-state index is 12.5. The molecule has 0 bridgehead atoms. The van der Waals surface area contributed by atoms with Gasteiger partial charge in [-0.25, -0.2) is 9.67 Å². The molecule has 3 heterocycles. The van der Waals surface area contributed by atoms with Gasteiger partial charge in [0.1, 0.15) is 11.5 Å². The molecule has 0 saturated heterocycles. The van der Waals surface area contributed by atoms with E-state index in [0.717, 1.165) is 16.7 Å². The van der Waals surface area contributed by atoms with Crippen molar-refractivity contribution in [2.45, 2.75) is 6.54 Å². The number of carbonyl (C=O) groups is 1. The molecule has 0 aliphatic rings. The Kier molecular flexibility index (Phi) is 5.07. The highest BCUT2D eigenvalue weighted by atomic mass is 16.5. The summed E-state index contributed by atoms with van der Waals surface area (Å²) in [6, 6.07) is 10.9. The van der Waals surface area contributed by atoms with E-state index in [-0.39, 0.29) is 5.91 Å². The summed E-state index contributed by atoms with van der Waals surface area (Å²) in [5, 5.41) is 7.99. The zero-order chi connectivity index (χ0) is 20.2. The van der Waals surface area contributed by atoms with Gasteiger partial charge in [0.25, 0.3) is 5.91 Å². The molecule has 8 heteroatoms. The lowest BCUT2D eigenvalue weighted by atomic mass is 10.2. The molecule has 1 amide bonds. The smallest absolute Gasteiger partial charge is 0.257 e. The lowest BCUT2D eigenvalue weighted by molar-refractivity contribution is 0.102. The predicted molar refractivity (Wildman–Crippen MR) is 108 cm³/mol. The van der Waals surface area contributed by atoms with E-state index >= 15 is 0 Å². The fourth-order valence-corrected chi connectivity index (χ4v) is 3.00. The van der Waals surface area contributed by atoms with Crippen LogP contribution in [0.15, 0.2) is 61.2 Å². The van der Waals surface area contributed by atoms with Gasteiger partial charge in [-0.2, -0.15) is 5.10 Å². The molecule has 1 aromatic carbocycles. The van der Waals surface area contributed by atoms with Crippen molar-refractivity contribution in [1.82, 2.24) is 19.7 Å². The Morgan fingerprint density at radius 3 is 2.76 bits per heavy atom. The quantitative estimate of drug-likeness (QED) is 0.545. The maximum Gasteiger partial charge on any atom is 0.257 e. The zero-order valence-corrected chi connectivity index (χ0v) is 16.0. The van der Waals surface area contributed by atoms with Crippen molar-refractivity contribution in [3.8, 4) is 11.5 Å². The zero-order valence-electron chi connectivity index (χ0n) is 16.0. The number of benzene rings is 1. The molecule has 0 fully saturated rings. The predicted octanol–water partition coefficient (Wildman–Crippen LogP) is 3.14. The van der Waals surface area contributed by atoms with E-state index in [0.29, 0.717) is 29.2 Å². The number of aromatic nitrogens is 4. The van der Waals surface area contributed by atoms with Crippen molar-refractivity contribution in [1.29, 1.82) is 0 Å². The number of hydrogen-bond acceptors (Lipinski definition) is 6. The van der Waals surface area contributed by atoms with Crippen molar-refractivity contribution in [2.75, 3.05) is 19.5 Å². The Hall–Kier alpha value is -3.94. The second-order valence-electron chi connectivity index (χ2n) is 6.31. The van der Waals surface area contributed by atoms with E-state index < -0.39 is 0 Å². The number of nitrogens with one attached hydrogen (secondary N) is 1.